The average molecular weight is 291 g/mol. The monoisotopic (exact) mass is 291 g/mol. The Morgan fingerprint density at radius 3 is 2.71 bits per heavy atom. The van der Waals surface area contributed by atoms with Gasteiger partial charge in [0.2, 0.25) is 0 Å². The van der Waals surface area contributed by atoms with Gasteiger partial charge in [-0.05, 0) is 82.6 Å². The summed E-state index contributed by atoms with van der Waals surface area (Å²) in [4.78, 5) is 12.2. The highest BCUT2D eigenvalue weighted by molar-refractivity contribution is 5.71. The highest BCUT2D eigenvalue weighted by Crippen LogP contribution is 2.60. The predicted octanol–water partition coefficient (Wildman–Crippen LogP) is 3.43. The van der Waals surface area contributed by atoms with Crippen LogP contribution >= 0.6 is 0 Å². The third-order valence-electron chi connectivity index (χ3n) is 5.39. The van der Waals surface area contributed by atoms with Gasteiger partial charge in [0, 0.05) is 0 Å². The molecule has 0 radical (unpaired) electrons. The molecule has 0 amide bonds. The minimum atomic E-state index is -0.404. The molecular formula is C18H29NO2. The molecule has 0 unspecified atom stereocenters. The number of fused-ring (bicyclic) bond motifs is 1. The van der Waals surface area contributed by atoms with Gasteiger partial charge >= 0.3 is 5.97 Å². The van der Waals surface area contributed by atoms with Gasteiger partial charge in [-0.3, -0.25) is 4.79 Å². The molecule has 0 spiro atoms. The van der Waals surface area contributed by atoms with Crippen LogP contribution in [0.1, 0.15) is 59.3 Å². The summed E-state index contributed by atoms with van der Waals surface area (Å²) in [5.41, 5.74) is 7.26. The highest BCUT2D eigenvalue weighted by atomic mass is 16.6. The summed E-state index contributed by atoms with van der Waals surface area (Å²) >= 11 is 0. The molecule has 118 valence electrons. The van der Waals surface area contributed by atoms with Crippen molar-refractivity contribution < 1.29 is 9.53 Å². The zero-order valence-corrected chi connectivity index (χ0v) is 13.7. The Kier molecular flexibility index (Phi) is 3.67. The number of carbonyl (C=O) groups is 1. The van der Waals surface area contributed by atoms with E-state index in [1.165, 1.54) is 25.7 Å². The molecule has 21 heavy (non-hydrogen) atoms. The molecule has 3 nitrogen and oxygen atoms in total. The van der Waals surface area contributed by atoms with Crippen LogP contribution in [-0.2, 0) is 9.53 Å². The van der Waals surface area contributed by atoms with Crippen molar-refractivity contribution in [2.45, 2.75) is 64.9 Å². The second-order valence-corrected chi connectivity index (χ2v) is 8.50. The molecule has 3 aliphatic rings. The van der Waals surface area contributed by atoms with Crippen LogP contribution in [0.25, 0.3) is 0 Å². The van der Waals surface area contributed by atoms with E-state index in [1.807, 2.05) is 20.8 Å². The van der Waals surface area contributed by atoms with Gasteiger partial charge in [0.1, 0.15) is 5.60 Å². The molecule has 0 saturated heterocycles. The summed E-state index contributed by atoms with van der Waals surface area (Å²) < 4.78 is 5.51. The number of allylic oxidation sites excluding steroid dienone is 2. The summed E-state index contributed by atoms with van der Waals surface area (Å²) in [6, 6.07) is 0. The topological polar surface area (TPSA) is 52.3 Å². The fourth-order valence-electron chi connectivity index (χ4n) is 4.29. The molecule has 0 aliphatic heterocycles. The van der Waals surface area contributed by atoms with Gasteiger partial charge < -0.3 is 10.5 Å². The lowest BCUT2D eigenvalue weighted by atomic mass is 9.53. The van der Waals surface area contributed by atoms with E-state index in [-0.39, 0.29) is 11.4 Å². The first-order valence-corrected chi connectivity index (χ1v) is 8.43. The number of nitrogens with two attached hydrogens (primary N) is 1. The lowest BCUT2D eigenvalue weighted by Crippen LogP contribution is -2.51. The van der Waals surface area contributed by atoms with Crippen molar-refractivity contribution in [1.82, 2.24) is 0 Å². The molecule has 0 aromatic carbocycles. The summed E-state index contributed by atoms with van der Waals surface area (Å²) in [5.74, 6) is 2.12. The summed E-state index contributed by atoms with van der Waals surface area (Å²) in [6.07, 6.45) is 9.40. The molecule has 0 aromatic heterocycles. The minimum Gasteiger partial charge on any atom is -0.460 e. The second kappa shape index (κ2) is 5.12. The van der Waals surface area contributed by atoms with Gasteiger partial charge in [-0.2, -0.15) is 0 Å². The van der Waals surface area contributed by atoms with E-state index in [9.17, 15) is 4.79 Å². The van der Waals surface area contributed by atoms with E-state index in [0.29, 0.717) is 18.9 Å². The minimum absolute atomic E-state index is 0.0295. The average Bonchev–Trinajstić information content (AvgIpc) is 3.08. The molecule has 3 rings (SSSR count). The molecule has 0 heterocycles. The summed E-state index contributed by atoms with van der Waals surface area (Å²) in [7, 11) is 0. The predicted molar refractivity (Wildman–Crippen MR) is 83.6 cm³/mol. The normalized spacial score (nSPS) is 35.0. The molecule has 0 bridgehead atoms. The van der Waals surface area contributed by atoms with Gasteiger partial charge in [0.15, 0.2) is 0 Å². The van der Waals surface area contributed by atoms with Crippen molar-refractivity contribution in [2.75, 3.05) is 6.54 Å². The second-order valence-electron chi connectivity index (χ2n) is 8.50. The Hall–Kier alpha value is -0.830. The van der Waals surface area contributed by atoms with E-state index in [2.05, 4.69) is 6.08 Å². The fraction of sp³-hybridized carbons (Fsp3) is 0.833. The molecule has 3 atom stereocenters. The van der Waals surface area contributed by atoms with Crippen LogP contribution in [0.5, 0.6) is 0 Å². The van der Waals surface area contributed by atoms with Crippen molar-refractivity contribution in [3.63, 3.8) is 0 Å². The number of rotatable bonds is 5. The van der Waals surface area contributed by atoms with Crippen molar-refractivity contribution in [2.24, 2.45) is 28.9 Å². The number of ether oxygens (including phenoxy) is 1. The van der Waals surface area contributed by atoms with Crippen molar-refractivity contribution in [3.8, 4) is 0 Å². The van der Waals surface area contributed by atoms with Crippen LogP contribution in [0.2, 0.25) is 0 Å². The van der Waals surface area contributed by atoms with E-state index < -0.39 is 5.60 Å². The lowest BCUT2D eigenvalue weighted by molar-refractivity contribution is -0.162. The van der Waals surface area contributed by atoms with Crippen LogP contribution < -0.4 is 5.73 Å². The standard InChI is InChI=1S/C18H29NO2/c1-17(2,3)21-16(20)10-18(11-19)9-14-7-13(8-15(14)18)6-12-4-5-12/h8,12,14-15H,4-7,9-11,19H2,1-3H3/t14-,15-,18-/m1/s1. The van der Waals surface area contributed by atoms with E-state index >= 15 is 0 Å². The Morgan fingerprint density at radius 1 is 1.43 bits per heavy atom. The third kappa shape index (κ3) is 3.18. The van der Waals surface area contributed by atoms with Crippen LogP contribution in [-0.4, -0.2) is 18.1 Å². The van der Waals surface area contributed by atoms with E-state index in [1.54, 1.807) is 5.57 Å². The molecule has 2 saturated carbocycles. The Labute approximate surface area is 128 Å². The van der Waals surface area contributed by atoms with Gasteiger partial charge in [0.05, 0.1) is 6.42 Å². The smallest absolute Gasteiger partial charge is 0.306 e. The molecule has 3 heteroatoms. The van der Waals surface area contributed by atoms with Crippen LogP contribution in [0, 0.1) is 23.2 Å². The first kappa shape index (κ1) is 15.1. The van der Waals surface area contributed by atoms with Crippen molar-refractivity contribution in [1.29, 1.82) is 0 Å². The summed E-state index contributed by atoms with van der Waals surface area (Å²) in [6.45, 7) is 6.37. The van der Waals surface area contributed by atoms with Crippen LogP contribution in [0.3, 0.4) is 0 Å². The van der Waals surface area contributed by atoms with Gasteiger partial charge in [-0.1, -0.05) is 11.6 Å². The maximum absolute atomic E-state index is 12.2. The number of carbonyl (C=O) groups excluding carboxylic acids is 1. The fourth-order valence-corrected chi connectivity index (χ4v) is 4.29. The van der Waals surface area contributed by atoms with E-state index in [0.717, 1.165) is 18.3 Å². The lowest BCUT2D eigenvalue weighted by Gasteiger charge is -2.51. The van der Waals surface area contributed by atoms with E-state index in [4.69, 9.17) is 10.5 Å². The van der Waals surface area contributed by atoms with Gasteiger partial charge in [-0.25, -0.2) is 0 Å². The number of hydrogen-bond acceptors (Lipinski definition) is 3. The first-order chi connectivity index (χ1) is 9.81. The van der Waals surface area contributed by atoms with Crippen LogP contribution in [0.15, 0.2) is 11.6 Å². The number of hydrogen-bond donors (Lipinski definition) is 1. The third-order valence-corrected chi connectivity index (χ3v) is 5.39. The Balaban J connectivity index is 1.62. The van der Waals surface area contributed by atoms with Crippen molar-refractivity contribution in [3.05, 3.63) is 11.6 Å². The highest BCUT2D eigenvalue weighted by Gasteiger charge is 2.55. The Bertz CT molecular complexity index is 458. The molecule has 0 aromatic rings. The molecule has 2 N–H and O–H groups in total. The maximum Gasteiger partial charge on any atom is 0.306 e. The van der Waals surface area contributed by atoms with Crippen molar-refractivity contribution >= 4 is 5.97 Å². The van der Waals surface area contributed by atoms with Gasteiger partial charge in [0.25, 0.3) is 0 Å². The number of esters is 1. The molecule has 2 fully saturated rings. The zero-order valence-electron chi connectivity index (χ0n) is 13.7. The van der Waals surface area contributed by atoms with Crippen LogP contribution in [0.4, 0.5) is 0 Å². The molecular weight excluding hydrogens is 262 g/mol. The van der Waals surface area contributed by atoms with Gasteiger partial charge in [-0.15, -0.1) is 0 Å². The first-order valence-electron chi connectivity index (χ1n) is 8.43. The Morgan fingerprint density at radius 2 is 2.14 bits per heavy atom. The maximum atomic E-state index is 12.2. The summed E-state index contributed by atoms with van der Waals surface area (Å²) in [5, 5.41) is 0. The SMILES string of the molecule is CC(C)(C)OC(=O)C[C@@]1(CN)C[C@H]2CC(CC3CC3)=C[C@H]21. The largest absolute Gasteiger partial charge is 0.460 e. The molecule has 3 aliphatic carbocycles. The quantitative estimate of drug-likeness (QED) is 0.623. The zero-order chi connectivity index (χ0) is 15.3.